The average Bonchev–Trinajstić information content (AvgIpc) is 3.56. The summed E-state index contributed by atoms with van der Waals surface area (Å²) in [5.74, 6) is 0.803. The van der Waals surface area contributed by atoms with Gasteiger partial charge in [0.1, 0.15) is 11.5 Å². The smallest absolute Gasteiger partial charge is 0.270 e. The molecule has 1 unspecified atom stereocenters. The molecule has 0 radical (unpaired) electrons. The molecule has 2 fully saturated rings. The summed E-state index contributed by atoms with van der Waals surface area (Å²) in [4.78, 5) is 19.0. The molecule has 0 saturated carbocycles. The molecule has 7 heteroatoms. The van der Waals surface area contributed by atoms with Crippen LogP contribution in [0.2, 0.25) is 0 Å². The number of nitrogens with zero attached hydrogens (tertiary/aromatic N) is 2. The van der Waals surface area contributed by atoms with Gasteiger partial charge in [-0.3, -0.25) is 9.69 Å². The van der Waals surface area contributed by atoms with Gasteiger partial charge >= 0.3 is 0 Å². The minimum atomic E-state index is -0.106. The highest BCUT2D eigenvalue weighted by atomic mass is 32.1. The van der Waals surface area contributed by atoms with E-state index in [4.69, 9.17) is 9.15 Å². The number of furan rings is 1. The number of aryl methyl sites for hydroxylation is 1. The largest absolute Gasteiger partial charge is 0.464 e. The first-order valence-electron chi connectivity index (χ1n) is 11.3. The average molecular weight is 452 g/mol. The van der Waals surface area contributed by atoms with Crippen molar-refractivity contribution in [3.8, 4) is 11.3 Å². The number of nitrogens with one attached hydrogen (secondary N) is 1. The standard InChI is InChI=1S/C25H29N3O3S/c1-18-27-22(17-32-18)24(29)26-15-21-7-8-25(31-21)9-11-28(12-10-25)16-19-4-2-5-20(14-19)23-6-3-13-30-23/h2-6,13-14,17,21H,7-12,15-16H2,1H3,(H,26,29). The van der Waals surface area contributed by atoms with Crippen molar-refractivity contribution in [2.75, 3.05) is 19.6 Å². The molecule has 1 aromatic carbocycles. The number of thiazole rings is 1. The number of amides is 1. The minimum Gasteiger partial charge on any atom is -0.464 e. The highest BCUT2D eigenvalue weighted by Gasteiger charge is 2.42. The number of carbonyl (C=O) groups is 1. The van der Waals surface area contributed by atoms with Crippen LogP contribution in [-0.4, -0.2) is 47.1 Å². The molecule has 6 nitrogen and oxygen atoms in total. The number of carbonyl (C=O) groups excluding carboxylic acids is 1. The summed E-state index contributed by atoms with van der Waals surface area (Å²) < 4.78 is 12.0. The van der Waals surface area contributed by atoms with Gasteiger partial charge in [-0.15, -0.1) is 11.3 Å². The molecule has 4 heterocycles. The summed E-state index contributed by atoms with van der Waals surface area (Å²) in [6, 6.07) is 12.5. The van der Waals surface area contributed by atoms with Crippen LogP contribution >= 0.6 is 11.3 Å². The van der Waals surface area contributed by atoms with E-state index in [1.54, 1.807) is 6.26 Å². The summed E-state index contributed by atoms with van der Waals surface area (Å²) in [5.41, 5.74) is 2.90. The predicted octanol–water partition coefficient (Wildman–Crippen LogP) is 4.66. The van der Waals surface area contributed by atoms with Crippen molar-refractivity contribution in [2.24, 2.45) is 0 Å². The molecule has 0 aliphatic carbocycles. The fourth-order valence-corrected chi connectivity index (χ4v) is 5.41. The Morgan fingerprint density at radius 3 is 2.88 bits per heavy atom. The first-order chi connectivity index (χ1) is 15.6. The number of likely N-dealkylation sites (tertiary alicyclic amines) is 1. The molecule has 2 aromatic heterocycles. The lowest BCUT2D eigenvalue weighted by atomic mass is 9.88. The van der Waals surface area contributed by atoms with Crippen molar-refractivity contribution in [1.82, 2.24) is 15.2 Å². The lowest BCUT2D eigenvalue weighted by Gasteiger charge is -2.39. The predicted molar refractivity (Wildman–Crippen MR) is 125 cm³/mol. The SMILES string of the molecule is Cc1nc(C(=O)NCC2CCC3(CCN(Cc4cccc(-c5ccco5)c4)CC3)O2)cs1. The summed E-state index contributed by atoms with van der Waals surface area (Å²) >= 11 is 1.50. The van der Waals surface area contributed by atoms with Crippen LogP contribution in [0.1, 0.15) is 46.7 Å². The van der Waals surface area contributed by atoms with E-state index in [0.29, 0.717) is 12.2 Å². The lowest BCUT2D eigenvalue weighted by Crippen LogP contribution is -2.44. The minimum absolute atomic E-state index is 0.0286. The van der Waals surface area contributed by atoms with E-state index in [0.717, 1.165) is 61.6 Å². The summed E-state index contributed by atoms with van der Waals surface area (Å²) in [6.45, 7) is 5.47. The Hall–Kier alpha value is -2.48. The van der Waals surface area contributed by atoms with Gasteiger partial charge in [-0.2, -0.15) is 0 Å². The van der Waals surface area contributed by atoms with Crippen LogP contribution in [0.25, 0.3) is 11.3 Å². The first-order valence-corrected chi connectivity index (χ1v) is 12.2. The molecular weight excluding hydrogens is 422 g/mol. The van der Waals surface area contributed by atoms with Gasteiger partial charge in [0.05, 0.1) is 23.0 Å². The maximum atomic E-state index is 12.3. The number of hydrogen-bond donors (Lipinski definition) is 1. The van der Waals surface area contributed by atoms with E-state index < -0.39 is 0 Å². The van der Waals surface area contributed by atoms with Gasteiger partial charge in [0.2, 0.25) is 0 Å². The van der Waals surface area contributed by atoms with E-state index in [1.165, 1.54) is 16.9 Å². The van der Waals surface area contributed by atoms with Crippen molar-refractivity contribution in [3.05, 3.63) is 64.3 Å². The second-order valence-corrected chi connectivity index (χ2v) is 9.94. The van der Waals surface area contributed by atoms with Crippen molar-refractivity contribution in [3.63, 3.8) is 0 Å². The van der Waals surface area contributed by atoms with E-state index >= 15 is 0 Å². The molecule has 168 valence electrons. The van der Waals surface area contributed by atoms with Gasteiger partial charge in [-0.05, 0) is 56.4 Å². The molecule has 1 N–H and O–H groups in total. The number of rotatable bonds is 6. The Morgan fingerprint density at radius 1 is 1.25 bits per heavy atom. The Bertz CT molecular complexity index is 1050. The van der Waals surface area contributed by atoms with Crippen LogP contribution in [0.5, 0.6) is 0 Å². The maximum absolute atomic E-state index is 12.3. The van der Waals surface area contributed by atoms with Crippen molar-refractivity contribution >= 4 is 17.2 Å². The van der Waals surface area contributed by atoms with Gasteiger partial charge in [0.25, 0.3) is 5.91 Å². The van der Waals surface area contributed by atoms with Crippen LogP contribution in [0, 0.1) is 6.92 Å². The number of benzene rings is 1. The third-order valence-electron chi connectivity index (χ3n) is 6.59. The number of ether oxygens (including phenoxy) is 1. The summed E-state index contributed by atoms with van der Waals surface area (Å²) in [7, 11) is 0. The fraction of sp³-hybridized carbons (Fsp3) is 0.440. The molecule has 32 heavy (non-hydrogen) atoms. The van der Waals surface area contributed by atoms with Crippen molar-refractivity contribution < 1.29 is 13.9 Å². The molecule has 0 bridgehead atoms. The zero-order chi connectivity index (χ0) is 22.0. The van der Waals surface area contributed by atoms with Gasteiger partial charge < -0.3 is 14.5 Å². The molecule has 5 rings (SSSR count). The molecule has 1 atom stereocenters. The number of aromatic nitrogens is 1. The van der Waals surface area contributed by atoms with Crippen molar-refractivity contribution in [1.29, 1.82) is 0 Å². The molecule has 1 spiro atoms. The van der Waals surface area contributed by atoms with E-state index in [9.17, 15) is 4.79 Å². The normalized spacial score (nSPS) is 20.6. The molecule has 2 aliphatic heterocycles. The highest BCUT2D eigenvalue weighted by Crippen LogP contribution is 2.39. The fourth-order valence-electron chi connectivity index (χ4n) is 4.81. The third-order valence-corrected chi connectivity index (χ3v) is 7.36. The van der Waals surface area contributed by atoms with Gasteiger partial charge in [-0.1, -0.05) is 18.2 Å². The van der Waals surface area contributed by atoms with Crippen LogP contribution in [0.3, 0.4) is 0 Å². The maximum Gasteiger partial charge on any atom is 0.270 e. The van der Waals surface area contributed by atoms with E-state index in [-0.39, 0.29) is 17.6 Å². The van der Waals surface area contributed by atoms with Crippen molar-refractivity contribution in [2.45, 2.75) is 50.9 Å². The second kappa shape index (κ2) is 9.17. The molecule has 1 amide bonds. The van der Waals surface area contributed by atoms with E-state index in [1.807, 2.05) is 24.4 Å². The third kappa shape index (κ3) is 4.80. The van der Waals surface area contributed by atoms with Crippen LogP contribution in [0.4, 0.5) is 0 Å². The topological polar surface area (TPSA) is 67.6 Å². The molecule has 2 aliphatic rings. The van der Waals surface area contributed by atoms with Gasteiger partial charge in [-0.25, -0.2) is 4.98 Å². The summed E-state index contributed by atoms with van der Waals surface area (Å²) in [6.07, 6.45) is 5.97. The van der Waals surface area contributed by atoms with Crippen LogP contribution in [0.15, 0.2) is 52.5 Å². The lowest BCUT2D eigenvalue weighted by molar-refractivity contribution is -0.0764. The van der Waals surface area contributed by atoms with Gasteiger partial charge in [0.15, 0.2) is 0 Å². The quantitative estimate of drug-likeness (QED) is 0.591. The van der Waals surface area contributed by atoms with E-state index in [2.05, 4.69) is 39.5 Å². The summed E-state index contributed by atoms with van der Waals surface area (Å²) in [5, 5.41) is 5.71. The molecule has 2 saturated heterocycles. The Morgan fingerprint density at radius 2 is 2.12 bits per heavy atom. The number of piperidine rings is 1. The van der Waals surface area contributed by atoms with Crippen LogP contribution in [-0.2, 0) is 11.3 Å². The first kappa shape index (κ1) is 21.4. The van der Waals surface area contributed by atoms with Crippen LogP contribution < -0.4 is 5.32 Å². The Kier molecular flexibility index (Phi) is 6.13. The molecular formula is C25H29N3O3S. The zero-order valence-electron chi connectivity index (χ0n) is 18.4. The monoisotopic (exact) mass is 451 g/mol. The van der Waals surface area contributed by atoms with Gasteiger partial charge in [0, 0.05) is 37.1 Å². The number of hydrogen-bond acceptors (Lipinski definition) is 6. The zero-order valence-corrected chi connectivity index (χ0v) is 19.2. The highest BCUT2D eigenvalue weighted by molar-refractivity contribution is 7.09. The Balaban J connectivity index is 1.10. The second-order valence-electron chi connectivity index (χ2n) is 8.88. The molecule has 3 aromatic rings. The Labute approximate surface area is 192 Å².